The van der Waals surface area contributed by atoms with Crippen LogP contribution >= 0.6 is 0 Å². The highest BCUT2D eigenvalue weighted by atomic mass is 16.5. The number of amides is 1. The molecule has 0 aromatic heterocycles. The number of rotatable bonds is 7. The second-order valence-electron chi connectivity index (χ2n) is 4.41. The lowest BCUT2D eigenvalue weighted by Crippen LogP contribution is -2.32. The van der Waals surface area contributed by atoms with E-state index >= 15 is 0 Å². The third-order valence-corrected chi connectivity index (χ3v) is 2.93. The highest BCUT2D eigenvalue weighted by Gasteiger charge is 2.09. The molecule has 0 fully saturated rings. The first-order valence-electron chi connectivity index (χ1n) is 6.23. The van der Waals surface area contributed by atoms with Crippen LogP contribution in [0.15, 0.2) is 30.3 Å². The van der Waals surface area contributed by atoms with E-state index in [9.17, 15) is 4.79 Å². The lowest BCUT2D eigenvalue weighted by molar-refractivity contribution is -0.121. The van der Waals surface area contributed by atoms with Gasteiger partial charge in [0.1, 0.15) is 0 Å². The molecule has 0 saturated carbocycles. The van der Waals surface area contributed by atoms with Gasteiger partial charge in [-0.2, -0.15) is 0 Å². The van der Waals surface area contributed by atoms with Crippen LogP contribution in [0.3, 0.4) is 0 Å². The Morgan fingerprint density at radius 1 is 1.39 bits per heavy atom. The van der Waals surface area contributed by atoms with Gasteiger partial charge in [0.25, 0.3) is 0 Å². The van der Waals surface area contributed by atoms with Crippen LogP contribution in [0.2, 0.25) is 0 Å². The van der Waals surface area contributed by atoms with E-state index in [-0.39, 0.29) is 18.1 Å². The van der Waals surface area contributed by atoms with Crippen molar-refractivity contribution in [3.05, 3.63) is 35.9 Å². The van der Waals surface area contributed by atoms with Gasteiger partial charge in [0.15, 0.2) is 0 Å². The molecule has 0 aliphatic carbocycles. The van der Waals surface area contributed by atoms with Crippen LogP contribution in [0.1, 0.15) is 31.4 Å². The fraction of sp³-hybridized carbons (Fsp3) is 0.500. The van der Waals surface area contributed by atoms with E-state index < -0.39 is 0 Å². The molecule has 0 heterocycles. The molecule has 1 aromatic rings. The van der Waals surface area contributed by atoms with Gasteiger partial charge >= 0.3 is 0 Å². The third kappa shape index (κ3) is 5.29. The van der Waals surface area contributed by atoms with E-state index in [1.165, 1.54) is 0 Å². The predicted molar refractivity (Wildman–Crippen MR) is 72.1 cm³/mol. The number of nitrogens with two attached hydrogens (primary N) is 1. The number of hydrogen-bond acceptors (Lipinski definition) is 3. The zero-order valence-corrected chi connectivity index (χ0v) is 11.1. The molecule has 0 aliphatic rings. The van der Waals surface area contributed by atoms with Crippen LogP contribution in [0.5, 0.6) is 0 Å². The molecule has 4 nitrogen and oxygen atoms in total. The molecule has 4 heteroatoms. The fourth-order valence-electron chi connectivity index (χ4n) is 1.58. The van der Waals surface area contributed by atoms with Gasteiger partial charge in [0.2, 0.25) is 5.91 Å². The first-order chi connectivity index (χ1) is 8.63. The van der Waals surface area contributed by atoms with Gasteiger partial charge in [-0.15, -0.1) is 0 Å². The normalized spacial score (nSPS) is 13.9. The van der Waals surface area contributed by atoms with Crippen molar-refractivity contribution in [2.24, 2.45) is 5.73 Å². The highest BCUT2D eigenvalue weighted by molar-refractivity contribution is 5.75. The van der Waals surface area contributed by atoms with Crippen molar-refractivity contribution in [2.45, 2.75) is 31.9 Å². The number of ether oxygens (including phenoxy) is 1. The van der Waals surface area contributed by atoms with E-state index in [1.54, 1.807) is 7.11 Å². The summed E-state index contributed by atoms with van der Waals surface area (Å²) < 4.78 is 5.09. The van der Waals surface area contributed by atoms with Gasteiger partial charge in [-0.1, -0.05) is 30.3 Å². The minimum Gasteiger partial charge on any atom is -0.382 e. The molecule has 3 N–H and O–H groups in total. The predicted octanol–water partition coefficient (Wildman–Crippen LogP) is 1.62. The Balaban J connectivity index is 2.26. The molecule has 1 aromatic carbocycles. The van der Waals surface area contributed by atoms with Crippen LogP contribution in [-0.2, 0) is 9.53 Å². The fourth-order valence-corrected chi connectivity index (χ4v) is 1.58. The number of carbonyl (C=O) groups excluding carboxylic acids is 1. The van der Waals surface area contributed by atoms with Gasteiger partial charge in [0.05, 0.1) is 6.10 Å². The lowest BCUT2D eigenvalue weighted by Gasteiger charge is -2.14. The SMILES string of the molecule is COC(C)CCC(=O)NCC(N)c1ccccc1. The van der Waals surface area contributed by atoms with E-state index in [4.69, 9.17) is 10.5 Å². The van der Waals surface area contributed by atoms with Crippen LogP contribution in [0, 0.1) is 0 Å². The minimum absolute atomic E-state index is 0.0188. The molecule has 2 unspecified atom stereocenters. The average Bonchev–Trinajstić information content (AvgIpc) is 2.42. The zero-order valence-electron chi connectivity index (χ0n) is 11.1. The number of carbonyl (C=O) groups is 1. The molecular weight excluding hydrogens is 228 g/mol. The van der Waals surface area contributed by atoms with Crippen molar-refractivity contribution < 1.29 is 9.53 Å². The summed E-state index contributed by atoms with van der Waals surface area (Å²) in [6, 6.07) is 9.60. The summed E-state index contributed by atoms with van der Waals surface area (Å²) in [5.74, 6) is 0.0188. The largest absolute Gasteiger partial charge is 0.382 e. The maximum absolute atomic E-state index is 11.6. The van der Waals surface area contributed by atoms with Crippen molar-refractivity contribution in [3.8, 4) is 0 Å². The molecule has 18 heavy (non-hydrogen) atoms. The number of hydrogen-bond donors (Lipinski definition) is 2. The standard InChI is InChI=1S/C14H22N2O2/c1-11(18-2)8-9-14(17)16-10-13(15)12-6-4-3-5-7-12/h3-7,11,13H,8-10,15H2,1-2H3,(H,16,17). The average molecular weight is 250 g/mol. The Bertz CT molecular complexity index is 354. The Kier molecular flexibility index (Phi) is 6.39. The van der Waals surface area contributed by atoms with Gasteiger partial charge in [-0.25, -0.2) is 0 Å². The molecule has 0 bridgehead atoms. The van der Waals surface area contributed by atoms with E-state index in [2.05, 4.69) is 5.32 Å². The lowest BCUT2D eigenvalue weighted by atomic mass is 10.1. The summed E-state index contributed by atoms with van der Waals surface area (Å²) in [5.41, 5.74) is 7.02. The Morgan fingerprint density at radius 3 is 2.67 bits per heavy atom. The van der Waals surface area contributed by atoms with E-state index in [0.29, 0.717) is 13.0 Å². The molecule has 0 radical (unpaired) electrons. The Labute approximate surface area is 109 Å². The molecule has 0 spiro atoms. The zero-order chi connectivity index (χ0) is 13.4. The van der Waals surface area contributed by atoms with Crippen molar-refractivity contribution >= 4 is 5.91 Å². The second kappa shape index (κ2) is 7.84. The first-order valence-corrected chi connectivity index (χ1v) is 6.23. The summed E-state index contributed by atoms with van der Waals surface area (Å²) in [4.78, 5) is 11.6. The highest BCUT2D eigenvalue weighted by Crippen LogP contribution is 2.08. The summed E-state index contributed by atoms with van der Waals surface area (Å²) in [6.07, 6.45) is 1.30. The smallest absolute Gasteiger partial charge is 0.220 e. The van der Waals surface area contributed by atoms with Gasteiger partial charge in [-0.05, 0) is 18.9 Å². The van der Waals surface area contributed by atoms with E-state index in [1.807, 2.05) is 37.3 Å². The first kappa shape index (κ1) is 14.7. The number of benzene rings is 1. The maximum atomic E-state index is 11.6. The molecule has 1 rings (SSSR count). The molecule has 1 amide bonds. The van der Waals surface area contributed by atoms with Gasteiger partial charge in [-0.3, -0.25) is 4.79 Å². The number of methoxy groups -OCH3 is 1. The van der Waals surface area contributed by atoms with Gasteiger partial charge < -0.3 is 15.8 Å². The molecule has 0 aliphatic heterocycles. The minimum atomic E-state index is -0.157. The maximum Gasteiger partial charge on any atom is 0.220 e. The van der Waals surface area contributed by atoms with E-state index in [0.717, 1.165) is 12.0 Å². The summed E-state index contributed by atoms with van der Waals surface area (Å²) in [5, 5.41) is 2.84. The van der Waals surface area contributed by atoms with Gasteiger partial charge in [0, 0.05) is 26.1 Å². The molecule has 100 valence electrons. The van der Waals surface area contributed by atoms with Crippen molar-refractivity contribution in [3.63, 3.8) is 0 Å². The summed E-state index contributed by atoms with van der Waals surface area (Å²) in [6.45, 7) is 2.41. The molecular formula is C14H22N2O2. The molecule has 2 atom stereocenters. The van der Waals surface area contributed by atoms with Crippen LogP contribution in [0.4, 0.5) is 0 Å². The monoisotopic (exact) mass is 250 g/mol. The van der Waals surface area contributed by atoms with Crippen molar-refractivity contribution in [1.82, 2.24) is 5.32 Å². The second-order valence-corrected chi connectivity index (χ2v) is 4.41. The Hall–Kier alpha value is -1.39. The summed E-state index contributed by atoms with van der Waals surface area (Å²) >= 11 is 0. The third-order valence-electron chi connectivity index (χ3n) is 2.93. The Morgan fingerprint density at radius 2 is 2.06 bits per heavy atom. The summed E-state index contributed by atoms with van der Waals surface area (Å²) in [7, 11) is 1.65. The quantitative estimate of drug-likeness (QED) is 0.773. The van der Waals surface area contributed by atoms with Crippen molar-refractivity contribution in [2.75, 3.05) is 13.7 Å². The van der Waals surface area contributed by atoms with Crippen LogP contribution < -0.4 is 11.1 Å². The number of nitrogens with one attached hydrogen (secondary N) is 1. The topological polar surface area (TPSA) is 64.3 Å². The van der Waals surface area contributed by atoms with Crippen molar-refractivity contribution in [1.29, 1.82) is 0 Å². The van der Waals surface area contributed by atoms with Crippen LogP contribution in [-0.4, -0.2) is 25.7 Å². The van der Waals surface area contributed by atoms with Crippen LogP contribution in [0.25, 0.3) is 0 Å². The molecule has 0 saturated heterocycles.